The first-order valence-corrected chi connectivity index (χ1v) is 8.48. The van der Waals surface area contributed by atoms with E-state index in [4.69, 9.17) is 9.47 Å². The largest absolute Gasteiger partial charge is 0.472 e. The molecule has 2 heterocycles. The molecule has 1 aromatic heterocycles. The predicted octanol–water partition coefficient (Wildman–Crippen LogP) is 2.87. The zero-order valence-electron chi connectivity index (χ0n) is 13.4. The van der Waals surface area contributed by atoms with E-state index in [0.29, 0.717) is 24.6 Å². The topological polar surface area (TPSA) is 60.5 Å². The second kappa shape index (κ2) is 8.11. The normalized spacial score (nSPS) is 20.9. The molecule has 3 rings (SSSR count). The van der Waals surface area contributed by atoms with Crippen LogP contribution in [0, 0.1) is 0 Å². The van der Waals surface area contributed by atoms with Crippen LogP contribution in [-0.4, -0.2) is 36.8 Å². The fourth-order valence-corrected chi connectivity index (χ4v) is 2.93. The van der Waals surface area contributed by atoms with Gasteiger partial charge in [0.1, 0.15) is 6.10 Å². The van der Waals surface area contributed by atoms with E-state index < -0.39 is 0 Å². The van der Waals surface area contributed by atoms with Gasteiger partial charge in [0.25, 0.3) is 5.91 Å². The Balaban J connectivity index is 1.44. The van der Waals surface area contributed by atoms with Gasteiger partial charge in [-0.25, -0.2) is 4.98 Å². The SMILES string of the molecule is O=C(NCCC1=CCCCC1)c1ccc(OC2CCOC2)nc1. The Bertz CT molecular complexity index is 548. The fraction of sp³-hybridized carbons (Fsp3) is 0.556. The average molecular weight is 316 g/mol. The van der Waals surface area contributed by atoms with Crippen LogP contribution < -0.4 is 10.1 Å². The maximum Gasteiger partial charge on any atom is 0.252 e. The van der Waals surface area contributed by atoms with Gasteiger partial charge in [-0.2, -0.15) is 0 Å². The van der Waals surface area contributed by atoms with Crippen molar-refractivity contribution in [1.29, 1.82) is 0 Å². The lowest BCUT2D eigenvalue weighted by Gasteiger charge is -2.13. The molecular formula is C18H24N2O3. The van der Waals surface area contributed by atoms with E-state index in [1.807, 2.05) is 0 Å². The Morgan fingerprint density at radius 2 is 2.35 bits per heavy atom. The van der Waals surface area contributed by atoms with Crippen molar-refractivity contribution in [2.75, 3.05) is 19.8 Å². The summed E-state index contributed by atoms with van der Waals surface area (Å²) in [5.41, 5.74) is 2.04. The van der Waals surface area contributed by atoms with Gasteiger partial charge >= 0.3 is 0 Å². The summed E-state index contributed by atoms with van der Waals surface area (Å²) in [6.45, 7) is 2.03. The number of nitrogens with one attached hydrogen (secondary N) is 1. The van der Waals surface area contributed by atoms with Gasteiger partial charge < -0.3 is 14.8 Å². The highest BCUT2D eigenvalue weighted by atomic mass is 16.5. The van der Waals surface area contributed by atoms with E-state index in [1.165, 1.54) is 31.3 Å². The number of hydrogen-bond donors (Lipinski definition) is 1. The number of nitrogens with zero attached hydrogens (tertiary/aromatic N) is 1. The first-order chi connectivity index (χ1) is 11.3. The Morgan fingerprint density at radius 3 is 3.04 bits per heavy atom. The van der Waals surface area contributed by atoms with Crippen molar-refractivity contribution in [3.63, 3.8) is 0 Å². The van der Waals surface area contributed by atoms with Crippen LogP contribution in [0.3, 0.4) is 0 Å². The molecule has 1 saturated heterocycles. The van der Waals surface area contributed by atoms with Gasteiger partial charge in [-0.1, -0.05) is 11.6 Å². The number of ether oxygens (including phenoxy) is 2. The summed E-state index contributed by atoms with van der Waals surface area (Å²) in [6, 6.07) is 3.50. The third-order valence-corrected chi connectivity index (χ3v) is 4.29. The number of pyridine rings is 1. The third-order valence-electron chi connectivity index (χ3n) is 4.29. The van der Waals surface area contributed by atoms with E-state index in [-0.39, 0.29) is 12.0 Å². The third kappa shape index (κ3) is 4.79. The molecule has 1 aromatic rings. The molecule has 124 valence electrons. The summed E-state index contributed by atoms with van der Waals surface area (Å²) < 4.78 is 11.0. The molecule has 1 fully saturated rings. The first kappa shape index (κ1) is 16.0. The Labute approximate surface area is 137 Å². The van der Waals surface area contributed by atoms with Crippen molar-refractivity contribution < 1.29 is 14.3 Å². The number of aromatic nitrogens is 1. The summed E-state index contributed by atoms with van der Waals surface area (Å²) in [5.74, 6) is 0.467. The molecule has 1 N–H and O–H groups in total. The quantitative estimate of drug-likeness (QED) is 0.820. The molecule has 5 nitrogen and oxygen atoms in total. The highest BCUT2D eigenvalue weighted by Crippen LogP contribution is 2.19. The number of rotatable bonds is 6. The minimum Gasteiger partial charge on any atom is -0.472 e. The maximum absolute atomic E-state index is 12.1. The van der Waals surface area contributed by atoms with Crippen LogP contribution in [0.1, 0.15) is 48.9 Å². The molecule has 0 aromatic carbocycles. The van der Waals surface area contributed by atoms with Crippen LogP contribution in [0.2, 0.25) is 0 Å². The molecule has 1 amide bonds. The van der Waals surface area contributed by atoms with Crippen molar-refractivity contribution in [3.8, 4) is 5.88 Å². The summed E-state index contributed by atoms with van der Waals surface area (Å²) in [4.78, 5) is 16.3. The molecule has 0 saturated carbocycles. The van der Waals surface area contributed by atoms with Gasteiger partial charge in [0.15, 0.2) is 0 Å². The maximum atomic E-state index is 12.1. The minimum absolute atomic E-state index is 0.0749. The Morgan fingerprint density at radius 1 is 1.39 bits per heavy atom. The molecule has 0 bridgehead atoms. The molecule has 1 unspecified atom stereocenters. The van der Waals surface area contributed by atoms with Crippen molar-refractivity contribution in [1.82, 2.24) is 10.3 Å². The number of allylic oxidation sites excluding steroid dienone is 1. The fourth-order valence-electron chi connectivity index (χ4n) is 2.93. The lowest BCUT2D eigenvalue weighted by atomic mass is 9.97. The van der Waals surface area contributed by atoms with Crippen LogP contribution in [0.25, 0.3) is 0 Å². The lowest BCUT2D eigenvalue weighted by molar-refractivity contribution is 0.0953. The van der Waals surface area contributed by atoms with Gasteiger partial charge in [0.05, 0.1) is 18.8 Å². The monoisotopic (exact) mass is 316 g/mol. The molecule has 23 heavy (non-hydrogen) atoms. The van der Waals surface area contributed by atoms with E-state index in [1.54, 1.807) is 18.3 Å². The van der Waals surface area contributed by atoms with Crippen LogP contribution in [0.4, 0.5) is 0 Å². The van der Waals surface area contributed by atoms with Crippen molar-refractivity contribution in [3.05, 3.63) is 35.5 Å². The van der Waals surface area contributed by atoms with Gasteiger partial charge in [0.2, 0.25) is 5.88 Å². The Hall–Kier alpha value is -1.88. The smallest absolute Gasteiger partial charge is 0.252 e. The van der Waals surface area contributed by atoms with Crippen LogP contribution in [0.15, 0.2) is 30.0 Å². The molecule has 1 aliphatic heterocycles. The standard InChI is InChI=1S/C18H24N2O3/c21-18(19-10-8-14-4-2-1-3-5-14)15-6-7-17(20-12-15)23-16-9-11-22-13-16/h4,6-7,12,16H,1-3,5,8-11,13H2,(H,19,21). The summed E-state index contributed by atoms with van der Waals surface area (Å²) >= 11 is 0. The molecule has 2 aliphatic rings. The minimum atomic E-state index is -0.0790. The zero-order valence-corrected chi connectivity index (χ0v) is 13.4. The van der Waals surface area contributed by atoms with Crippen molar-refractivity contribution in [2.45, 2.75) is 44.6 Å². The second-order valence-electron chi connectivity index (χ2n) is 6.10. The van der Waals surface area contributed by atoms with Gasteiger partial charge in [0, 0.05) is 25.2 Å². The summed E-state index contributed by atoms with van der Waals surface area (Å²) in [7, 11) is 0. The molecule has 1 atom stereocenters. The van der Waals surface area contributed by atoms with Crippen molar-refractivity contribution in [2.24, 2.45) is 0 Å². The van der Waals surface area contributed by atoms with E-state index in [0.717, 1.165) is 19.4 Å². The van der Waals surface area contributed by atoms with Crippen LogP contribution in [-0.2, 0) is 4.74 Å². The molecule has 1 aliphatic carbocycles. The Kier molecular flexibility index (Phi) is 5.64. The number of amides is 1. The molecule has 0 spiro atoms. The zero-order chi connectivity index (χ0) is 15.9. The van der Waals surface area contributed by atoms with Crippen LogP contribution >= 0.6 is 0 Å². The number of carbonyl (C=O) groups excluding carboxylic acids is 1. The first-order valence-electron chi connectivity index (χ1n) is 8.48. The highest BCUT2D eigenvalue weighted by molar-refractivity contribution is 5.93. The predicted molar refractivity (Wildman–Crippen MR) is 87.6 cm³/mol. The van der Waals surface area contributed by atoms with E-state index in [9.17, 15) is 4.79 Å². The van der Waals surface area contributed by atoms with E-state index >= 15 is 0 Å². The molecule has 0 radical (unpaired) electrons. The average Bonchev–Trinajstić information content (AvgIpc) is 3.09. The van der Waals surface area contributed by atoms with Crippen LogP contribution in [0.5, 0.6) is 5.88 Å². The number of hydrogen-bond acceptors (Lipinski definition) is 4. The lowest BCUT2D eigenvalue weighted by Crippen LogP contribution is -2.25. The molecular weight excluding hydrogens is 292 g/mol. The van der Waals surface area contributed by atoms with Gasteiger partial charge in [-0.15, -0.1) is 0 Å². The second-order valence-corrected chi connectivity index (χ2v) is 6.10. The molecule has 5 heteroatoms. The van der Waals surface area contributed by atoms with Gasteiger partial charge in [-0.3, -0.25) is 4.79 Å². The number of carbonyl (C=O) groups is 1. The summed E-state index contributed by atoms with van der Waals surface area (Å²) in [5, 5.41) is 2.96. The van der Waals surface area contributed by atoms with E-state index in [2.05, 4.69) is 16.4 Å². The summed E-state index contributed by atoms with van der Waals surface area (Å²) in [6.07, 6.45) is 10.7. The highest BCUT2D eigenvalue weighted by Gasteiger charge is 2.17. The van der Waals surface area contributed by atoms with Crippen molar-refractivity contribution >= 4 is 5.91 Å². The van der Waals surface area contributed by atoms with Gasteiger partial charge in [-0.05, 0) is 38.2 Å².